The van der Waals surface area contributed by atoms with E-state index < -0.39 is 7.14 Å². The Kier molecular flexibility index (Phi) is 2.72. The first-order chi connectivity index (χ1) is 11.7. The summed E-state index contributed by atoms with van der Waals surface area (Å²) in [6.07, 6.45) is 0. The van der Waals surface area contributed by atoms with E-state index in [1.54, 1.807) is 0 Å². The molecule has 0 bridgehead atoms. The van der Waals surface area contributed by atoms with Gasteiger partial charge in [-0.1, -0.05) is 72.8 Å². The number of nitrogens with zero attached hydrogens (tertiary/aromatic N) is 1. The molecule has 3 heteroatoms. The third-order valence-electron chi connectivity index (χ3n) is 5.01. The minimum atomic E-state index is -2.85. The number of para-hydroxylation sites is 1. The molecule has 0 N–H and O–H groups in total. The number of hydrogen-bond donors (Lipinski definition) is 0. The highest BCUT2D eigenvalue weighted by Crippen LogP contribution is 2.54. The Labute approximate surface area is 140 Å². The van der Waals surface area contributed by atoms with Crippen LogP contribution in [0.4, 0.5) is 0 Å². The molecule has 5 rings (SSSR count). The van der Waals surface area contributed by atoms with Gasteiger partial charge >= 0.3 is 0 Å². The Balaban J connectivity index is 2.02. The molecule has 1 atom stereocenters. The predicted molar refractivity (Wildman–Crippen MR) is 101 cm³/mol. The summed E-state index contributed by atoms with van der Waals surface area (Å²) in [4.78, 5) is 0. The molecule has 3 aromatic carbocycles. The minimum absolute atomic E-state index is 0.910. The lowest BCUT2D eigenvalue weighted by atomic mass is 10.1. The molecular weight excluding hydrogens is 313 g/mol. The highest BCUT2D eigenvalue weighted by Gasteiger charge is 2.43. The first-order valence-corrected chi connectivity index (χ1v) is 9.77. The van der Waals surface area contributed by atoms with Gasteiger partial charge in [0.1, 0.15) is 0 Å². The first-order valence-electron chi connectivity index (χ1n) is 8.06. The molecule has 4 aromatic rings. The number of rotatable bonds is 1. The van der Waals surface area contributed by atoms with Crippen LogP contribution < -0.4 is 15.9 Å². The normalized spacial score (nSPS) is 18.5. The maximum absolute atomic E-state index is 14.5. The lowest BCUT2D eigenvalue weighted by molar-refractivity contribution is 0.593. The van der Waals surface area contributed by atoms with Crippen LogP contribution in [0.25, 0.3) is 22.2 Å². The van der Waals surface area contributed by atoms with Crippen molar-refractivity contribution in [2.75, 3.05) is 0 Å². The van der Waals surface area contributed by atoms with E-state index in [2.05, 4.69) is 29.8 Å². The fraction of sp³-hybridized carbons (Fsp3) is 0.0476. The Bertz CT molecular complexity index is 1140. The average molecular weight is 329 g/mol. The quantitative estimate of drug-likeness (QED) is 0.429. The van der Waals surface area contributed by atoms with Crippen LogP contribution in [0.5, 0.6) is 0 Å². The van der Waals surface area contributed by atoms with Crippen LogP contribution in [-0.4, -0.2) is 4.57 Å². The van der Waals surface area contributed by atoms with Gasteiger partial charge < -0.3 is 9.13 Å². The molecule has 1 aliphatic rings. The van der Waals surface area contributed by atoms with Crippen molar-refractivity contribution in [1.29, 1.82) is 0 Å². The highest BCUT2D eigenvalue weighted by atomic mass is 31.2. The van der Waals surface area contributed by atoms with Crippen molar-refractivity contribution in [3.8, 4) is 11.3 Å². The number of hydrogen-bond acceptors (Lipinski definition) is 1. The maximum atomic E-state index is 14.5. The molecule has 0 spiro atoms. The smallest absolute Gasteiger partial charge is 0.174 e. The Morgan fingerprint density at radius 2 is 1.46 bits per heavy atom. The molecule has 2 heterocycles. The van der Waals surface area contributed by atoms with Crippen LogP contribution in [-0.2, 0) is 11.6 Å². The molecule has 116 valence electrons. The molecule has 1 unspecified atom stereocenters. The zero-order chi connectivity index (χ0) is 16.3. The van der Waals surface area contributed by atoms with E-state index in [1.165, 1.54) is 0 Å². The van der Waals surface area contributed by atoms with Gasteiger partial charge in [-0.3, -0.25) is 0 Å². The van der Waals surface area contributed by atoms with E-state index in [-0.39, 0.29) is 0 Å². The highest BCUT2D eigenvalue weighted by molar-refractivity contribution is 7.86. The summed E-state index contributed by atoms with van der Waals surface area (Å²) in [5.41, 5.74) is 3.32. The second-order valence-electron chi connectivity index (χ2n) is 6.24. The lowest BCUT2D eigenvalue weighted by Gasteiger charge is -2.15. The van der Waals surface area contributed by atoms with Gasteiger partial charge in [0.2, 0.25) is 0 Å². The van der Waals surface area contributed by atoms with Gasteiger partial charge in [0.15, 0.2) is 7.14 Å². The van der Waals surface area contributed by atoms with E-state index in [1.807, 2.05) is 60.7 Å². The van der Waals surface area contributed by atoms with E-state index in [0.29, 0.717) is 0 Å². The lowest BCUT2D eigenvalue weighted by Crippen LogP contribution is -2.20. The Hall–Kier alpha value is -2.57. The molecule has 1 aliphatic heterocycles. The van der Waals surface area contributed by atoms with E-state index in [4.69, 9.17) is 0 Å². The van der Waals surface area contributed by atoms with Crippen molar-refractivity contribution in [1.82, 2.24) is 4.57 Å². The molecule has 0 aliphatic carbocycles. The fourth-order valence-corrected chi connectivity index (χ4v) is 7.26. The number of aryl methyl sites for hydroxylation is 1. The van der Waals surface area contributed by atoms with Crippen LogP contribution in [0.2, 0.25) is 0 Å². The zero-order valence-electron chi connectivity index (χ0n) is 13.3. The monoisotopic (exact) mass is 329 g/mol. The van der Waals surface area contributed by atoms with E-state index in [0.717, 1.165) is 38.1 Å². The molecule has 0 radical (unpaired) electrons. The summed E-state index contributed by atoms with van der Waals surface area (Å²) in [7, 11) is -0.780. The van der Waals surface area contributed by atoms with Crippen LogP contribution in [0.15, 0.2) is 78.9 Å². The summed E-state index contributed by atoms with van der Waals surface area (Å²) < 4.78 is 16.7. The van der Waals surface area contributed by atoms with Crippen LogP contribution in [0.1, 0.15) is 0 Å². The number of aromatic nitrogens is 1. The van der Waals surface area contributed by atoms with Gasteiger partial charge in [0, 0.05) is 34.1 Å². The van der Waals surface area contributed by atoms with Gasteiger partial charge in [-0.15, -0.1) is 0 Å². The summed E-state index contributed by atoms with van der Waals surface area (Å²) >= 11 is 0. The molecule has 0 amide bonds. The van der Waals surface area contributed by atoms with Gasteiger partial charge in [-0.05, 0) is 6.07 Å². The minimum Gasteiger partial charge on any atom is -0.343 e. The van der Waals surface area contributed by atoms with E-state index >= 15 is 0 Å². The molecular formula is C21H16NOP. The van der Waals surface area contributed by atoms with Crippen LogP contribution >= 0.6 is 7.14 Å². The topological polar surface area (TPSA) is 22.0 Å². The van der Waals surface area contributed by atoms with Crippen molar-refractivity contribution in [2.24, 2.45) is 7.05 Å². The van der Waals surface area contributed by atoms with Crippen molar-refractivity contribution >= 4 is 34.0 Å². The molecule has 1 aromatic heterocycles. The van der Waals surface area contributed by atoms with Gasteiger partial charge in [0.25, 0.3) is 0 Å². The molecule has 0 saturated carbocycles. The van der Waals surface area contributed by atoms with Gasteiger partial charge in [-0.25, -0.2) is 0 Å². The van der Waals surface area contributed by atoms with Crippen LogP contribution in [0, 0.1) is 0 Å². The Morgan fingerprint density at radius 3 is 2.29 bits per heavy atom. The number of fused-ring (bicyclic) bond motifs is 5. The molecule has 2 nitrogen and oxygen atoms in total. The summed E-state index contributed by atoms with van der Waals surface area (Å²) in [5, 5.41) is 3.96. The van der Waals surface area contributed by atoms with Crippen molar-refractivity contribution in [2.45, 2.75) is 0 Å². The maximum Gasteiger partial charge on any atom is 0.174 e. The van der Waals surface area contributed by atoms with E-state index in [9.17, 15) is 4.57 Å². The standard InChI is InChI=1S/C21H16NOP/c1-22-18-13-7-5-11-16(18)21-20(22)17-12-6-8-14-19(17)24(21,23)15-9-3-2-4-10-15/h2-14H,1H3. The summed E-state index contributed by atoms with van der Waals surface area (Å²) in [6, 6.07) is 26.3. The van der Waals surface area contributed by atoms with Crippen LogP contribution in [0.3, 0.4) is 0 Å². The second kappa shape index (κ2) is 4.72. The summed E-state index contributed by atoms with van der Waals surface area (Å²) in [6.45, 7) is 0. The van der Waals surface area contributed by atoms with Crippen molar-refractivity contribution in [3.05, 3.63) is 78.9 Å². The molecule has 24 heavy (non-hydrogen) atoms. The van der Waals surface area contributed by atoms with Crippen molar-refractivity contribution < 1.29 is 4.57 Å². The van der Waals surface area contributed by atoms with Gasteiger partial charge in [0.05, 0.1) is 11.0 Å². The SMILES string of the molecule is Cn1c2c(c3ccccc31)P(=O)(c1ccccc1)c1ccccc1-2. The third kappa shape index (κ3) is 1.54. The summed E-state index contributed by atoms with van der Waals surface area (Å²) in [5.74, 6) is 0. The first kappa shape index (κ1) is 13.8. The third-order valence-corrected chi connectivity index (χ3v) is 8.19. The fourth-order valence-electron chi connectivity index (χ4n) is 3.98. The average Bonchev–Trinajstić information content (AvgIpc) is 3.09. The Morgan fingerprint density at radius 1 is 0.792 bits per heavy atom. The second-order valence-corrected chi connectivity index (χ2v) is 8.90. The molecule has 0 fully saturated rings. The number of benzene rings is 3. The van der Waals surface area contributed by atoms with Crippen molar-refractivity contribution in [3.63, 3.8) is 0 Å². The zero-order valence-corrected chi connectivity index (χ0v) is 14.2. The molecule has 0 saturated heterocycles. The largest absolute Gasteiger partial charge is 0.343 e. The predicted octanol–water partition coefficient (Wildman–Crippen LogP) is 3.80. The van der Waals surface area contributed by atoms with Gasteiger partial charge in [-0.2, -0.15) is 0 Å².